The van der Waals surface area contributed by atoms with Crippen LogP contribution in [-0.4, -0.2) is 38.3 Å². The van der Waals surface area contributed by atoms with Gasteiger partial charge in [0.2, 0.25) is 6.23 Å². The molecule has 0 bridgehead atoms. The van der Waals surface area contributed by atoms with E-state index in [9.17, 15) is 0 Å². The number of hydrogen-bond acceptors (Lipinski definition) is 7. The molecule has 0 aliphatic carbocycles. The molecule has 1 aliphatic heterocycles. The van der Waals surface area contributed by atoms with Gasteiger partial charge in [-0.2, -0.15) is 4.68 Å². The molecule has 3 heterocycles. The Hall–Kier alpha value is -2.03. The monoisotopic (exact) mass is 378 g/mol. The first-order valence-electron chi connectivity index (χ1n) is 8.00. The Bertz CT molecular complexity index is 760. The molecule has 1 aliphatic rings. The number of hydrogen-bond donors (Lipinski definition) is 1. The van der Waals surface area contributed by atoms with Gasteiger partial charge in [-0.05, 0) is 48.5 Å². The van der Waals surface area contributed by atoms with E-state index in [1.165, 1.54) is 5.01 Å². The first-order valence-corrected chi connectivity index (χ1v) is 8.88. The van der Waals surface area contributed by atoms with Gasteiger partial charge in [-0.25, -0.2) is 4.98 Å². The summed E-state index contributed by atoms with van der Waals surface area (Å²) >= 11 is 1.69. The van der Waals surface area contributed by atoms with Crippen molar-refractivity contribution in [1.29, 1.82) is 0 Å². The second-order valence-electron chi connectivity index (χ2n) is 5.71. The smallest absolute Gasteiger partial charge is 0.238 e. The largest absolute Gasteiger partial charge is 0.463 e. The van der Waals surface area contributed by atoms with Gasteiger partial charge in [0.05, 0.1) is 5.01 Å². The van der Waals surface area contributed by atoms with Gasteiger partial charge < -0.3 is 10.1 Å². The van der Waals surface area contributed by atoms with Crippen LogP contribution in [0.5, 0.6) is 5.75 Å². The fraction of sp³-hybridized carbons (Fsp3) is 0.375. The summed E-state index contributed by atoms with van der Waals surface area (Å²) in [6.45, 7) is 2.10. The molecule has 3 aromatic rings. The van der Waals surface area contributed by atoms with E-state index in [-0.39, 0.29) is 12.4 Å². The third kappa shape index (κ3) is 4.15. The van der Waals surface area contributed by atoms with Gasteiger partial charge in [-0.15, -0.1) is 28.8 Å². The van der Waals surface area contributed by atoms with E-state index in [2.05, 4.69) is 20.8 Å². The molecule has 1 N–H and O–H groups in total. The van der Waals surface area contributed by atoms with Crippen LogP contribution in [-0.2, 0) is 0 Å². The fourth-order valence-electron chi connectivity index (χ4n) is 2.82. The summed E-state index contributed by atoms with van der Waals surface area (Å²) in [7, 11) is 0. The molecule has 1 atom stereocenters. The van der Waals surface area contributed by atoms with Gasteiger partial charge in [0, 0.05) is 11.3 Å². The standard InChI is InChI=1S/C16H18N6OS.ClH/c1-2-4-13(5-3-1)23-16(22-11-18-20-21-22)14-10-24-15(19-14)12-6-8-17-9-7-12;/h1-5,10-12,16-17H,6-9H2;1H. The summed E-state index contributed by atoms with van der Waals surface area (Å²) in [5.41, 5.74) is 0.838. The molecule has 1 fully saturated rings. The van der Waals surface area contributed by atoms with Crippen LogP contribution >= 0.6 is 23.7 Å². The number of nitrogens with zero attached hydrogens (tertiary/aromatic N) is 5. The molecule has 0 amide bonds. The highest BCUT2D eigenvalue weighted by molar-refractivity contribution is 7.09. The van der Waals surface area contributed by atoms with Crippen LogP contribution in [0.3, 0.4) is 0 Å². The van der Waals surface area contributed by atoms with E-state index in [4.69, 9.17) is 9.72 Å². The summed E-state index contributed by atoms with van der Waals surface area (Å²) in [4.78, 5) is 4.84. The summed E-state index contributed by atoms with van der Waals surface area (Å²) in [6, 6.07) is 9.66. The van der Waals surface area contributed by atoms with Crippen molar-refractivity contribution in [2.45, 2.75) is 25.0 Å². The summed E-state index contributed by atoms with van der Waals surface area (Å²) in [5.74, 6) is 1.28. The average Bonchev–Trinajstić information content (AvgIpc) is 3.34. The summed E-state index contributed by atoms with van der Waals surface area (Å²) < 4.78 is 7.69. The van der Waals surface area contributed by atoms with Gasteiger partial charge in [0.25, 0.3) is 0 Å². The van der Waals surface area contributed by atoms with Crippen LogP contribution < -0.4 is 10.1 Å². The van der Waals surface area contributed by atoms with Crippen molar-refractivity contribution in [1.82, 2.24) is 30.5 Å². The Balaban J connectivity index is 0.00000182. The van der Waals surface area contributed by atoms with Gasteiger partial charge in [-0.3, -0.25) is 0 Å². The lowest BCUT2D eigenvalue weighted by molar-refractivity contribution is 0.152. The lowest BCUT2D eigenvalue weighted by Gasteiger charge is -2.20. The van der Waals surface area contributed by atoms with Crippen LogP contribution in [0, 0.1) is 0 Å². The maximum absolute atomic E-state index is 6.10. The minimum atomic E-state index is -0.464. The maximum atomic E-state index is 6.10. The number of nitrogens with one attached hydrogen (secondary N) is 1. The van der Waals surface area contributed by atoms with Gasteiger partial charge in [-0.1, -0.05) is 18.2 Å². The zero-order chi connectivity index (χ0) is 16.2. The molecular weight excluding hydrogens is 360 g/mol. The normalized spacial score (nSPS) is 16.2. The van der Waals surface area contributed by atoms with E-state index < -0.39 is 6.23 Å². The van der Waals surface area contributed by atoms with Crippen LogP contribution in [0.1, 0.15) is 35.7 Å². The Morgan fingerprint density at radius 3 is 2.72 bits per heavy atom. The molecule has 1 aromatic carbocycles. The summed E-state index contributed by atoms with van der Waals surface area (Å²) in [6.07, 6.45) is 3.34. The first kappa shape index (κ1) is 17.8. The van der Waals surface area contributed by atoms with E-state index in [1.807, 2.05) is 35.7 Å². The lowest BCUT2D eigenvalue weighted by atomic mass is 9.99. The highest BCUT2D eigenvalue weighted by Gasteiger charge is 2.24. The zero-order valence-corrected chi connectivity index (χ0v) is 15.1. The van der Waals surface area contributed by atoms with Gasteiger partial charge in [0.1, 0.15) is 17.8 Å². The van der Waals surface area contributed by atoms with Crippen molar-refractivity contribution in [3.05, 3.63) is 52.7 Å². The lowest BCUT2D eigenvalue weighted by Crippen LogP contribution is -2.26. The van der Waals surface area contributed by atoms with Crippen LogP contribution in [0.25, 0.3) is 0 Å². The molecule has 0 radical (unpaired) electrons. The van der Waals surface area contributed by atoms with Gasteiger partial charge >= 0.3 is 0 Å². The quantitative estimate of drug-likeness (QED) is 0.735. The summed E-state index contributed by atoms with van der Waals surface area (Å²) in [5, 5.41) is 18.1. The topological polar surface area (TPSA) is 77.8 Å². The molecule has 25 heavy (non-hydrogen) atoms. The number of aromatic nitrogens is 5. The fourth-order valence-corrected chi connectivity index (χ4v) is 3.82. The third-order valence-electron chi connectivity index (χ3n) is 4.08. The zero-order valence-electron chi connectivity index (χ0n) is 13.5. The molecular formula is C16H19ClN6OS. The molecule has 132 valence electrons. The Labute approximate surface area is 155 Å². The molecule has 0 spiro atoms. The number of benzene rings is 1. The van der Waals surface area contributed by atoms with E-state index >= 15 is 0 Å². The van der Waals surface area contributed by atoms with E-state index in [0.29, 0.717) is 5.92 Å². The number of rotatable bonds is 5. The number of halogens is 1. The van der Waals surface area contributed by atoms with Crippen LogP contribution in [0.4, 0.5) is 0 Å². The average molecular weight is 379 g/mol. The minimum absolute atomic E-state index is 0. The minimum Gasteiger partial charge on any atom is -0.463 e. The predicted octanol–water partition coefficient (Wildman–Crippen LogP) is 2.64. The number of thiazole rings is 1. The van der Waals surface area contributed by atoms with Crippen molar-refractivity contribution in [2.75, 3.05) is 13.1 Å². The predicted molar refractivity (Wildman–Crippen MR) is 97.2 cm³/mol. The molecule has 1 saturated heterocycles. The van der Waals surface area contributed by atoms with Crippen molar-refractivity contribution >= 4 is 23.7 Å². The Morgan fingerprint density at radius 1 is 1.20 bits per heavy atom. The van der Waals surface area contributed by atoms with Crippen molar-refractivity contribution in [3.63, 3.8) is 0 Å². The van der Waals surface area contributed by atoms with Gasteiger partial charge in [0.15, 0.2) is 0 Å². The molecule has 7 nitrogen and oxygen atoms in total. The molecule has 2 aromatic heterocycles. The Kier molecular flexibility index (Phi) is 5.95. The third-order valence-corrected chi connectivity index (χ3v) is 5.10. The van der Waals surface area contributed by atoms with E-state index in [1.54, 1.807) is 22.3 Å². The second kappa shape index (κ2) is 8.37. The van der Waals surface area contributed by atoms with Crippen LogP contribution in [0.2, 0.25) is 0 Å². The van der Waals surface area contributed by atoms with Crippen LogP contribution in [0.15, 0.2) is 42.0 Å². The number of piperidine rings is 1. The molecule has 1 unspecified atom stereocenters. The number of ether oxygens (including phenoxy) is 1. The molecule has 0 saturated carbocycles. The van der Waals surface area contributed by atoms with E-state index in [0.717, 1.165) is 37.4 Å². The first-order chi connectivity index (χ1) is 11.9. The SMILES string of the molecule is Cl.c1ccc(OC(c2csc(C3CCNCC3)n2)n2cnnn2)cc1. The maximum Gasteiger partial charge on any atom is 0.238 e. The highest BCUT2D eigenvalue weighted by Crippen LogP contribution is 2.31. The van der Waals surface area contributed by atoms with Crippen molar-refractivity contribution < 1.29 is 4.74 Å². The number of tetrazole rings is 1. The molecule has 9 heteroatoms. The van der Waals surface area contributed by atoms with Crippen molar-refractivity contribution in [3.8, 4) is 5.75 Å². The Morgan fingerprint density at radius 2 is 2.00 bits per heavy atom. The molecule has 4 rings (SSSR count). The highest BCUT2D eigenvalue weighted by atomic mass is 35.5. The van der Waals surface area contributed by atoms with Crippen molar-refractivity contribution in [2.24, 2.45) is 0 Å². The second-order valence-corrected chi connectivity index (χ2v) is 6.60. The number of para-hydroxylation sites is 1.